The van der Waals surface area contributed by atoms with Crippen LogP contribution in [0.3, 0.4) is 0 Å². The number of aliphatic hydroxyl groups is 1. The van der Waals surface area contributed by atoms with E-state index in [1.165, 1.54) is 16.7 Å². The van der Waals surface area contributed by atoms with Crippen LogP contribution < -0.4 is 5.32 Å². The topological polar surface area (TPSA) is 153 Å². The van der Waals surface area contributed by atoms with E-state index in [1.54, 1.807) is 49.6 Å². The summed E-state index contributed by atoms with van der Waals surface area (Å²) < 4.78 is 0. The molecule has 0 spiro atoms. The van der Waals surface area contributed by atoms with Crippen molar-refractivity contribution in [2.45, 2.75) is 50.3 Å². The molecule has 0 radical (unpaired) electrons. The van der Waals surface area contributed by atoms with Crippen LogP contribution >= 0.6 is 11.8 Å². The Labute approximate surface area is 229 Å². The monoisotopic (exact) mass is 551 g/mol. The Hall–Kier alpha value is -3.61. The number of amides is 2. The van der Waals surface area contributed by atoms with Gasteiger partial charge in [-0.1, -0.05) is 19.1 Å². The van der Waals surface area contributed by atoms with Crippen molar-refractivity contribution in [3.8, 4) is 0 Å². The lowest BCUT2D eigenvalue weighted by Gasteiger charge is -2.46. The van der Waals surface area contributed by atoms with E-state index in [2.05, 4.69) is 15.3 Å². The van der Waals surface area contributed by atoms with E-state index in [4.69, 9.17) is 0 Å². The first-order valence-electron chi connectivity index (χ1n) is 12.7. The number of carbonyl (C=O) groups is 4. The molecule has 204 valence electrons. The molecule has 39 heavy (non-hydrogen) atoms. The van der Waals surface area contributed by atoms with Gasteiger partial charge < -0.3 is 20.4 Å². The van der Waals surface area contributed by atoms with E-state index in [-0.39, 0.29) is 28.7 Å². The van der Waals surface area contributed by atoms with Gasteiger partial charge in [-0.3, -0.25) is 19.3 Å². The third kappa shape index (κ3) is 5.07. The number of aromatic nitrogens is 2. The molecule has 3 N–H and O–H groups in total. The molecule has 2 fully saturated rings. The number of aliphatic carboxylic acids is 1. The van der Waals surface area contributed by atoms with Crippen molar-refractivity contribution in [1.29, 1.82) is 0 Å². The van der Waals surface area contributed by atoms with Gasteiger partial charge >= 0.3 is 5.97 Å². The largest absolute Gasteiger partial charge is 0.477 e. The maximum Gasteiger partial charge on any atom is 0.353 e. The zero-order chi connectivity index (χ0) is 27.8. The van der Waals surface area contributed by atoms with E-state index < -0.39 is 30.1 Å². The van der Waals surface area contributed by atoms with Crippen LogP contribution in [-0.4, -0.2) is 84.0 Å². The van der Waals surface area contributed by atoms with Crippen LogP contribution in [0.1, 0.15) is 36.5 Å². The third-order valence-electron chi connectivity index (χ3n) is 7.53. The number of rotatable bonds is 9. The molecule has 6 atom stereocenters. The van der Waals surface area contributed by atoms with Gasteiger partial charge in [-0.25, -0.2) is 14.8 Å². The molecule has 3 aliphatic heterocycles. The van der Waals surface area contributed by atoms with Gasteiger partial charge in [0.1, 0.15) is 17.8 Å². The minimum absolute atomic E-state index is 0.0316. The highest BCUT2D eigenvalue weighted by molar-refractivity contribution is 8.03. The Morgan fingerprint density at radius 1 is 1.26 bits per heavy atom. The summed E-state index contributed by atoms with van der Waals surface area (Å²) in [6, 6.07) is 7.40. The van der Waals surface area contributed by atoms with Gasteiger partial charge in [-0.15, -0.1) is 11.8 Å². The number of carbonyl (C=O) groups excluding carboxylic acids is 3. The molecule has 12 heteroatoms. The van der Waals surface area contributed by atoms with E-state index in [0.717, 1.165) is 0 Å². The lowest BCUT2D eigenvalue weighted by Crippen LogP contribution is -2.63. The molecule has 4 heterocycles. The number of aliphatic hydroxyl groups excluding tert-OH is 1. The number of β-lactam (4-membered cyclic amide) rings is 1. The first kappa shape index (κ1) is 27.0. The fourth-order valence-corrected chi connectivity index (χ4v) is 7.32. The standard InChI is InChI=1S/C27H29N5O6S/c1-14-22-21(15(2)34)26(36)32(22)23(27(37)38)24(14)39-18-10-19(31(11-18)12-20-28-7-4-8-29-20)25(35)30-17-6-3-5-16(9-17)13-33/h3-9,13-15,18-19,21-22,34H,10-12H2,1-2H3,(H,30,35)(H,37,38)/t14-,15-,18+,19+,21-,22-/m1/s1. The second kappa shape index (κ2) is 10.9. The third-order valence-corrected chi connectivity index (χ3v) is 9.02. The average molecular weight is 552 g/mol. The first-order valence-corrected chi connectivity index (χ1v) is 13.6. The quantitative estimate of drug-likeness (QED) is 0.310. The number of benzene rings is 1. The number of aldehydes is 1. The number of carboxylic acids is 1. The molecule has 0 aliphatic carbocycles. The summed E-state index contributed by atoms with van der Waals surface area (Å²) >= 11 is 1.38. The minimum atomic E-state index is -1.18. The van der Waals surface area contributed by atoms with Crippen LogP contribution in [0.4, 0.5) is 5.69 Å². The van der Waals surface area contributed by atoms with Crippen molar-refractivity contribution in [1.82, 2.24) is 19.8 Å². The van der Waals surface area contributed by atoms with Crippen molar-refractivity contribution in [3.63, 3.8) is 0 Å². The van der Waals surface area contributed by atoms with Crippen molar-refractivity contribution in [2.75, 3.05) is 11.9 Å². The lowest BCUT2D eigenvalue weighted by molar-refractivity contribution is -0.163. The fourth-order valence-electron chi connectivity index (χ4n) is 5.76. The van der Waals surface area contributed by atoms with Gasteiger partial charge in [0, 0.05) is 46.3 Å². The second-order valence-corrected chi connectivity index (χ2v) is 11.4. The highest BCUT2D eigenvalue weighted by Gasteiger charge is 2.60. The minimum Gasteiger partial charge on any atom is -0.477 e. The number of nitrogens with one attached hydrogen (secondary N) is 1. The Morgan fingerprint density at radius 2 is 2.00 bits per heavy atom. The summed E-state index contributed by atoms with van der Waals surface area (Å²) in [7, 11) is 0. The van der Waals surface area contributed by atoms with Crippen molar-refractivity contribution in [3.05, 3.63) is 64.7 Å². The van der Waals surface area contributed by atoms with Gasteiger partial charge in [-0.2, -0.15) is 0 Å². The molecule has 5 rings (SSSR count). The number of fused-ring (bicyclic) bond motifs is 1. The maximum absolute atomic E-state index is 13.4. The molecule has 2 aromatic rings. The molecule has 2 saturated heterocycles. The van der Waals surface area contributed by atoms with E-state index in [1.807, 2.05) is 11.8 Å². The summed E-state index contributed by atoms with van der Waals surface area (Å²) in [6.45, 7) is 4.22. The number of carboxylic acid groups (broad SMARTS) is 1. The number of hydrogen-bond donors (Lipinski definition) is 3. The van der Waals surface area contributed by atoms with Crippen molar-refractivity contribution >= 4 is 41.5 Å². The molecule has 11 nitrogen and oxygen atoms in total. The number of hydrogen-bond acceptors (Lipinski definition) is 9. The van der Waals surface area contributed by atoms with E-state index >= 15 is 0 Å². The van der Waals surface area contributed by atoms with Crippen LogP contribution in [0.2, 0.25) is 0 Å². The fraction of sp³-hybridized carbons (Fsp3) is 0.407. The van der Waals surface area contributed by atoms with Crippen LogP contribution in [-0.2, 0) is 20.9 Å². The van der Waals surface area contributed by atoms with Gasteiger partial charge in [0.2, 0.25) is 11.8 Å². The van der Waals surface area contributed by atoms with Crippen LogP contribution in [0.25, 0.3) is 0 Å². The summed E-state index contributed by atoms with van der Waals surface area (Å²) in [5.74, 6) is -2.15. The summed E-state index contributed by atoms with van der Waals surface area (Å²) in [6.07, 6.45) is 3.53. The number of nitrogens with zero attached hydrogens (tertiary/aromatic N) is 4. The van der Waals surface area contributed by atoms with Crippen LogP contribution in [0.5, 0.6) is 0 Å². The summed E-state index contributed by atoms with van der Waals surface area (Å²) in [5.41, 5.74) is 0.917. The SMILES string of the molecule is C[C@@H](O)[C@H]1C(=O)N2C(C(=O)O)=C(S[C@H]3C[C@@H](C(=O)Nc4cccc(C=O)c4)N(Cc4ncccn4)C3)[C@H](C)[C@H]12. The zero-order valence-corrected chi connectivity index (χ0v) is 22.2. The number of likely N-dealkylation sites (tertiary alicyclic amines) is 1. The molecule has 3 aliphatic rings. The van der Waals surface area contributed by atoms with Crippen molar-refractivity contribution < 1.29 is 29.4 Å². The molecular formula is C27H29N5O6S. The normalized spacial score (nSPS) is 27.2. The summed E-state index contributed by atoms with van der Waals surface area (Å²) in [5, 5.41) is 22.9. The summed E-state index contributed by atoms with van der Waals surface area (Å²) in [4.78, 5) is 62.0. The molecule has 0 saturated carbocycles. The first-order chi connectivity index (χ1) is 18.7. The lowest BCUT2D eigenvalue weighted by atomic mass is 9.79. The van der Waals surface area contributed by atoms with Crippen molar-refractivity contribution in [2.24, 2.45) is 11.8 Å². The number of anilines is 1. The van der Waals surface area contributed by atoms with Crippen LogP contribution in [0.15, 0.2) is 53.3 Å². The second-order valence-electron chi connectivity index (χ2n) is 10.1. The maximum atomic E-state index is 13.4. The Kier molecular flexibility index (Phi) is 7.52. The molecule has 1 aromatic carbocycles. The van der Waals surface area contributed by atoms with Gasteiger partial charge in [0.05, 0.1) is 30.7 Å². The highest BCUT2D eigenvalue weighted by Crippen LogP contribution is 2.52. The highest BCUT2D eigenvalue weighted by atomic mass is 32.2. The molecule has 0 unspecified atom stereocenters. The molecule has 0 bridgehead atoms. The molecule has 1 aromatic heterocycles. The number of thioether (sulfide) groups is 1. The van der Waals surface area contributed by atoms with Gasteiger partial charge in [0.25, 0.3) is 0 Å². The van der Waals surface area contributed by atoms with Gasteiger partial charge in [-0.05, 0) is 31.5 Å². The predicted molar refractivity (Wildman–Crippen MR) is 142 cm³/mol. The Morgan fingerprint density at radius 3 is 2.67 bits per heavy atom. The van der Waals surface area contributed by atoms with Gasteiger partial charge in [0.15, 0.2) is 0 Å². The Bertz CT molecular complexity index is 1330. The average Bonchev–Trinajstić information content (AvgIpc) is 3.41. The smallest absolute Gasteiger partial charge is 0.353 e. The van der Waals surface area contributed by atoms with E-state index in [9.17, 15) is 29.4 Å². The Balaban J connectivity index is 1.38. The van der Waals surface area contributed by atoms with Crippen LogP contribution in [0, 0.1) is 11.8 Å². The molecular weight excluding hydrogens is 522 g/mol. The zero-order valence-electron chi connectivity index (χ0n) is 21.4. The molecule has 2 amide bonds. The van der Waals surface area contributed by atoms with E-state index in [0.29, 0.717) is 47.8 Å². The predicted octanol–water partition coefficient (Wildman–Crippen LogP) is 1.76.